The van der Waals surface area contributed by atoms with Crippen molar-refractivity contribution < 1.29 is 18.9 Å². The van der Waals surface area contributed by atoms with Crippen LogP contribution in [-0.2, 0) is 0 Å². The van der Waals surface area contributed by atoms with Crippen LogP contribution in [0.25, 0.3) is 0 Å². The van der Waals surface area contributed by atoms with Crippen molar-refractivity contribution in [3.63, 3.8) is 0 Å². The lowest BCUT2D eigenvalue weighted by atomic mass is 10.1. The highest BCUT2D eigenvalue weighted by Crippen LogP contribution is 2.34. The van der Waals surface area contributed by atoms with Crippen LogP contribution in [-0.4, -0.2) is 45.4 Å². The summed E-state index contributed by atoms with van der Waals surface area (Å²) in [5, 5.41) is 0. The Bertz CT molecular complexity index is 681. The van der Waals surface area contributed by atoms with E-state index in [1.165, 1.54) is 32.4 Å². The van der Waals surface area contributed by atoms with Crippen LogP contribution in [0.4, 0.5) is 0 Å². The molecule has 3 rings (SSSR count). The van der Waals surface area contributed by atoms with Crippen molar-refractivity contribution in [1.29, 1.82) is 0 Å². The highest BCUT2D eigenvalue weighted by Gasteiger charge is 2.10. The minimum atomic E-state index is 0.520. The van der Waals surface area contributed by atoms with Gasteiger partial charge >= 0.3 is 0 Å². The minimum Gasteiger partial charge on any atom is -0.497 e. The van der Waals surface area contributed by atoms with Crippen molar-refractivity contribution in [3.8, 4) is 28.7 Å². The molecule has 0 bridgehead atoms. The summed E-state index contributed by atoms with van der Waals surface area (Å²) >= 11 is 0. The first-order valence-corrected chi connectivity index (χ1v) is 9.05. The molecular formula is C21H26NO4. The highest BCUT2D eigenvalue weighted by molar-refractivity contribution is 5.47. The first-order valence-electron chi connectivity index (χ1n) is 9.05. The second-order valence-corrected chi connectivity index (χ2v) is 6.26. The summed E-state index contributed by atoms with van der Waals surface area (Å²) in [7, 11) is 3.20. The third-order valence-corrected chi connectivity index (χ3v) is 4.47. The van der Waals surface area contributed by atoms with Crippen LogP contribution in [0, 0.1) is 6.07 Å². The largest absolute Gasteiger partial charge is 0.497 e. The van der Waals surface area contributed by atoms with E-state index in [2.05, 4.69) is 11.0 Å². The van der Waals surface area contributed by atoms with Crippen molar-refractivity contribution in [2.24, 2.45) is 0 Å². The van der Waals surface area contributed by atoms with Gasteiger partial charge in [-0.1, -0.05) is 6.42 Å². The monoisotopic (exact) mass is 356 g/mol. The van der Waals surface area contributed by atoms with Crippen LogP contribution in [0.5, 0.6) is 28.7 Å². The summed E-state index contributed by atoms with van der Waals surface area (Å²) in [6.45, 7) is 4.07. The molecule has 1 radical (unpaired) electrons. The van der Waals surface area contributed by atoms with Crippen LogP contribution in [0.1, 0.15) is 19.3 Å². The smallest absolute Gasteiger partial charge is 0.177 e. The van der Waals surface area contributed by atoms with Gasteiger partial charge in [0, 0.05) is 18.7 Å². The highest BCUT2D eigenvalue weighted by atomic mass is 16.5. The normalized spacial score (nSPS) is 14.7. The number of methoxy groups -OCH3 is 2. The van der Waals surface area contributed by atoms with Crippen LogP contribution < -0.4 is 18.9 Å². The molecule has 1 aliphatic rings. The Labute approximate surface area is 155 Å². The van der Waals surface area contributed by atoms with E-state index in [0.717, 1.165) is 12.3 Å². The Morgan fingerprint density at radius 3 is 2.35 bits per heavy atom. The summed E-state index contributed by atoms with van der Waals surface area (Å²) in [5.41, 5.74) is 0. The third-order valence-electron chi connectivity index (χ3n) is 4.47. The summed E-state index contributed by atoms with van der Waals surface area (Å²) in [6.07, 6.45) is 3.96. The number of piperidine rings is 1. The standard InChI is InChI=1S/C21H26NO4/c1-23-19-10-11-20(21(16-19)24-2)26-18-8-6-17(7-9-18)25-15-14-22-12-4-3-5-13-22/h6-10,16H,3-5,12-15H2,1-2H3. The van der Waals surface area contributed by atoms with Crippen molar-refractivity contribution in [2.45, 2.75) is 19.3 Å². The maximum atomic E-state index is 5.85. The zero-order valence-corrected chi connectivity index (χ0v) is 15.5. The van der Waals surface area contributed by atoms with Crippen molar-refractivity contribution >= 4 is 0 Å². The molecule has 0 atom stereocenters. The van der Waals surface area contributed by atoms with E-state index in [9.17, 15) is 0 Å². The summed E-state index contributed by atoms with van der Waals surface area (Å²) in [5.74, 6) is 3.32. The number of hydrogen-bond acceptors (Lipinski definition) is 5. The fraction of sp³-hybridized carbons (Fsp3) is 0.429. The van der Waals surface area contributed by atoms with E-state index in [-0.39, 0.29) is 0 Å². The molecular weight excluding hydrogens is 330 g/mol. The molecule has 0 amide bonds. The van der Waals surface area contributed by atoms with Crippen molar-refractivity contribution in [2.75, 3.05) is 40.5 Å². The zero-order valence-electron chi connectivity index (χ0n) is 15.5. The molecule has 0 spiro atoms. The lowest BCUT2D eigenvalue weighted by Gasteiger charge is -2.26. The topological polar surface area (TPSA) is 40.2 Å². The van der Waals surface area contributed by atoms with Crippen LogP contribution in [0.3, 0.4) is 0 Å². The molecule has 5 heteroatoms. The third kappa shape index (κ3) is 5.05. The molecule has 0 N–H and O–H groups in total. The molecule has 2 aromatic rings. The van der Waals surface area contributed by atoms with Crippen molar-refractivity contribution in [1.82, 2.24) is 4.90 Å². The van der Waals surface area contributed by atoms with E-state index in [4.69, 9.17) is 18.9 Å². The molecule has 5 nitrogen and oxygen atoms in total. The molecule has 0 saturated carbocycles. The molecule has 139 valence electrons. The maximum absolute atomic E-state index is 5.85. The summed E-state index contributed by atoms with van der Waals surface area (Å²) < 4.78 is 22.2. The van der Waals surface area contributed by atoms with Gasteiger partial charge in [0.25, 0.3) is 0 Å². The molecule has 1 saturated heterocycles. The Balaban J connectivity index is 1.52. The number of hydrogen-bond donors (Lipinski definition) is 0. The van der Waals surface area contributed by atoms with Gasteiger partial charge in [-0.3, -0.25) is 4.90 Å². The predicted molar refractivity (Wildman–Crippen MR) is 101 cm³/mol. The van der Waals surface area contributed by atoms with E-state index in [1.807, 2.05) is 24.3 Å². The molecule has 2 aromatic carbocycles. The van der Waals surface area contributed by atoms with Gasteiger partial charge in [-0.05, 0) is 56.3 Å². The van der Waals surface area contributed by atoms with Crippen LogP contribution in [0.15, 0.2) is 36.4 Å². The Hall–Kier alpha value is -2.40. The van der Waals surface area contributed by atoms with Gasteiger partial charge in [0.2, 0.25) is 0 Å². The molecule has 1 aliphatic heterocycles. The van der Waals surface area contributed by atoms with Gasteiger partial charge in [-0.15, -0.1) is 0 Å². The van der Waals surface area contributed by atoms with Crippen molar-refractivity contribution in [3.05, 3.63) is 42.5 Å². The summed E-state index contributed by atoms with van der Waals surface area (Å²) in [4.78, 5) is 2.47. The second kappa shape index (κ2) is 9.34. The van der Waals surface area contributed by atoms with Gasteiger partial charge in [-0.25, -0.2) is 0 Å². The Morgan fingerprint density at radius 1 is 0.923 bits per heavy atom. The Morgan fingerprint density at radius 2 is 1.65 bits per heavy atom. The number of nitrogens with zero attached hydrogens (tertiary/aromatic N) is 1. The van der Waals surface area contributed by atoms with Gasteiger partial charge in [0.05, 0.1) is 14.2 Å². The summed E-state index contributed by atoms with van der Waals surface area (Å²) in [6, 6.07) is 14.1. The number of ether oxygens (including phenoxy) is 4. The molecule has 1 fully saturated rings. The van der Waals surface area contributed by atoms with Crippen LogP contribution in [0.2, 0.25) is 0 Å². The molecule has 0 aromatic heterocycles. The first kappa shape index (κ1) is 18.4. The fourth-order valence-electron chi connectivity index (χ4n) is 2.99. The lowest BCUT2D eigenvalue weighted by Crippen LogP contribution is -2.33. The average molecular weight is 356 g/mol. The second-order valence-electron chi connectivity index (χ2n) is 6.26. The van der Waals surface area contributed by atoms with E-state index in [0.29, 0.717) is 29.6 Å². The van der Waals surface area contributed by atoms with E-state index >= 15 is 0 Å². The fourth-order valence-corrected chi connectivity index (χ4v) is 2.99. The number of likely N-dealkylation sites (tertiary alicyclic amines) is 1. The van der Waals surface area contributed by atoms with Gasteiger partial charge in [0.1, 0.15) is 23.9 Å². The maximum Gasteiger partial charge on any atom is 0.177 e. The van der Waals surface area contributed by atoms with E-state index in [1.54, 1.807) is 26.4 Å². The van der Waals surface area contributed by atoms with Gasteiger partial charge < -0.3 is 18.9 Å². The Kier molecular flexibility index (Phi) is 6.61. The van der Waals surface area contributed by atoms with Gasteiger partial charge in [-0.2, -0.15) is 0 Å². The zero-order chi connectivity index (χ0) is 18.2. The predicted octanol–water partition coefficient (Wildman–Crippen LogP) is 4.16. The molecule has 1 heterocycles. The van der Waals surface area contributed by atoms with Crippen LogP contribution >= 0.6 is 0 Å². The number of benzene rings is 2. The van der Waals surface area contributed by atoms with Gasteiger partial charge in [0.15, 0.2) is 11.5 Å². The van der Waals surface area contributed by atoms with E-state index < -0.39 is 0 Å². The lowest BCUT2D eigenvalue weighted by molar-refractivity contribution is 0.183. The molecule has 26 heavy (non-hydrogen) atoms. The quantitative estimate of drug-likeness (QED) is 0.710. The minimum absolute atomic E-state index is 0.520. The molecule has 0 aliphatic carbocycles. The number of rotatable bonds is 8. The molecule has 0 unspecified atom stereocenters. The SMILES string of the molecule is COc1c[c]c(Oc2ccc(OCCN3CCCCC3)cc2)c(OC)c1. The average Bonchev–Trinajstić information content (AvgIpc) is 2.70. The first-order chi connectivity index (χ1) is 12.8.